The van der Waals surface area contributed by atoms with Crippen LogP contribution in [-0.4, -0.2) is 67.4 Å². The number of unbranched alkanes of at least 4 members (excludes halogenated alkanes) is 5. The van der Waals surface area contributed by atoms with Crippen molar-refractivity contribution in [2.24, 2.45) is 11.8 Å². The summed E-state index contributed by atoms with van der Waals surface area (Å²) in [6.45, 7) is 11.4. The predicted octanol–water partition coefficient (Wildman–Crippen LogP) is 7.28. The van der Waals surface area contributed by atoms with Crippen molar-refractivity contribution in [2.45, 2.75) is 154 Å². The number of methoxy groups -OCH3 is 1. The van der Waals surface area contributed by atoms with Crippen LogP contribution in [0.2, 0.25) is 0 Å². The molecule has 2 aliphatic heterocycles. The fourth-order valence-electron chi connectivity index (χ4n) is 6.75. The van der Waals surface area contributed by atoms with Crippen LogP contribution < -0.4 is 0 Å². The molecule has 252 valence electrons. The topological polar surface area (TPSA) is 104 Å². The van der Waals surface area contributed by atoms with Crippen molar-refractivity contribution in [3.05, 3.63) is 35.1 Å². The number of esters is 1. The summed E-state index contributed by atoms with van der Waals surface area (Å²) in [6.07, 6.45) is 13.7. The Balaban J connectivity index is 1.67. The molecule has 0 aromatic rings. The first kappa shape index (κ1) is 36.8. The van der Waals surface area contributed by atoms with Crippen molar-refractivity contribution in [1.29, 1.82) is 0 Å². The molecule has 8 nitrogen and oxygen atoms in total. The van der Waals surface area contributed by atoms with Gasteiger partial charge in [-0.1, -0.05) is 49.5 Å². The fourth-order valence-corrected chi connectivity index (χ4v) is 6.75. The second-order valence-corrected chi connectivity index (χ2v) is 13.3. The van der Waals surface area contributed by atoms with Crippen LogP contribution in [0.3, 0.4) is 0 Å². The molecular formula is C36H60O8. The molecule has 2 heterocycles. The molecule has 2 N–H and O–H groups in total. The van der Waals surface area contributed by atoms with Gasteiger partial charge < -0.3 is 33.9 Å². The first-order valence-electron chi connectivity index (χ1n) is 17.2. The van der Waals surface area contributed by atoms with Crippen molar-refractivity contribution < 1.29 is 38.7 Å². The van der Waals surface area contributed by atoms with Crippen molar-refractivity contribution in [2.75, 3.05) is 20.3 Å². The molecule has 8 heteroatoms. The van der Waals surface area contributed by atoms with Gasteiger partial charge in [-0.25, -0.2) is 4.79 Å². The maximum atomic E-state index is 12.9. The highest BCUT2D eigenvalue weighted by Crippen LogP contribution is 2.42. The molecule has 4 unspecified atom stereocenters. The minimum absolute atomic E-state index is 0.0459. The molecule has 44 heavy (non-hydrogen) atoms. The third kappa shape index (κ3) is 11.9. The van der Waals surface area contributed by atoms with Gasteiger partial charge in [0.15, 0.2) is 12.6 Å². The van der Waals surface area contributed by atoms with E-state index < -0.39 is 36.9 Å². The number of aliphatic hydroxyl groups is 2. The Kier molecular flexibility index (Phi) is 16.5. The van der Waals surface area contributed by atoms with E-state index in [1.807, 2.05) is 0 Å². The van der Waals surface area contributed by atoms with Gasteiger partial charge in [0.2, 0.25) is 5.76 Å². The molecule has 0 bridgehead atoms. The summed E-state index contributed by atoms with van der Waals surface area (Å²) in [4.78, 5) is 12.9. The van der Waals surface area contributed by atoms with Crippen molar-refractivity contribution in [1.82, 2.24) is 0 Å². The van der Waals surface area contributed by atoms with E-state index in [0.717, 1.165) is 50.5 Å². The second kappa shape index (κ2) is 19.7. The van der Waals surface area contributed by atoms with E-state index in [1.165, 1.54) is 51.2 Å². The van der Waals surface area contributed by atoms with Crippen LogP contribution in [0.25, 0.3) is 0 Å². The maximum Gasteiger partial charge on any atom is 0.373 e. The van der Waals surface area contributed by atoms with Crippen molar-refractivity contribution in [3.63, 3.8) is 0 Å². The van der Waals surface area contributed by atoms with Gasteiger partial charge in [0.1, 0.15) is 12.2 Å². The van der Waals surface area contributed by atoms with E-state index >= 15 is 0 Å². The van der Waals surface area contributed by atoms with Crippen molar-refractivity contribution >= 4 is 5.97 Å². The third-order valence-corrected chi connectivity index (χ3v) is 9.44. The summed E-state index contributed by atoms with van der Waals surface area (Å²) in [5.41, 5.74) is 2.90. The van der Waals surface area contributed by atoms with Crippen molar-refractivity contribution in [3.8, 4) is 0 Å². The van der Waals surface area contributed by atoms with Crippen LogP contribution in [0, 0.1) is 11.8 Å². The number of ether oxygens (including phenoxy) is 5. The Morgan fingerprint density at radius 2 is 1.61 bits per heavy atom. The van der Waals surface area contributed by atoms with Gasteiger partial charge in [0, 0.05) is 18.6 Å². The molecule has 3 aliphatic rings. The van der Waals surface area contributed by atoms with E-state index in [0.29, 0.717) is 44.0 Å². The zero-order valence-electron chi connectivity index (χ0n) is 27.9. The van der Waals surface area contributed by atoms with Crippen LogP contribution in [0.15, 0.2) is 35.1 Å². The quantitative estimate of drug-likeness (QED) is 0.0542. The zero-order valence-corrected chi connectivity index (χ0v) is 27.9. The lowest BCUT2D eigenvalue weighted by Crippen LogP contribution is -2.44. The summed E-state index contributed by atoms with van der Waals surface area (Å²) in [5.74, 6) is -0.126. The first-order chi connectivity index (χ1) is 21.2. The summed E-state index contributed by atoms with van der Waals surface area (Å²) in [5, 5.41) is 23.1. The molecule has 2 saturated heterocycles. The molecule has 0 radical (unpaired) electrons. The normalized spacial score (nSPS) is 26.8. The summed E-state index contributed by atoms with van der Waals surface area (Å²) >= 11 is 0. The lowest BCUT2D eigenvalue weighted by molar-refractivity contribution is -0.209. The number of allylic oxidation sites excluding steroid dienone is 3. The van der Waals surface area contributed by atoms with E-state index in [4.69, 9.17) is 23.7 Å². The number of carbonyl (C=O) groups is 1. The molecule has 0 aromatic carbocycles. The van der Waals surface area contributed by atoms with Gasteiger partial charge >= 0.3 is 5.97 Å². The minimum Gasteiger partial charge on any atom is -0.463 e. The Bertz CT molecular complexity index is 926. The lowest BCUT2D eigenvalue weighted by atomic mass is 9.83. The highest BCUT2D eigenvalue weighted by atomic mass is 16.7. The fraction of sp³-hybridized carbons (Fsp3) is 0.806. The monoisotopic (exact) mass is 620 g/mol. The molecular weight excluding hydrogens is 560 g/mol. The number of hydrogen-bond donors (Lipinski definition) is 2. The molecule has 0 aromatic heterocycles. The average molecular weight is 621 g/mol. The molecule has 1 aliphatic carbocycles. The minimum atomic E-state index is -1.30. The van der Waals surface area contributed by atoms with E-state index in [1.54, 1.807) is 6.92 Å². The Morgan fingerprint density at radius 3 is 2.25 bits per heavy atom. The Labute approximate surface area is 266 Å². The largest absolute Gasteiger partial charge is 0.463 e. The molecule has 0 amide bonds. The molecule has 0 spiro atoms. The second-order valence-electron chi connectivity index (χ2n) is 13.3. The van der Waals surface area contributed by atoms with Gasteiger partial charge in [0.05, 0.1) is 19.8 Å². The maximum absolute atomic E-state index is 12.9. The predicted molar refractivity (Wildman–Crippen MR) is 172 cm³/mol. The van der Waals surface area contributed by atoms with E-state index in [2.05, 4.69) is 26.5 Å². The van der Waals surface area contributed by atoms with Gasteiger partial charge in [-0.05, 0) is 103 Å². The van der Waals surface area contributed by atoms with E-state index in [9.17, 15) is 15.0 Å². The van der Waals surface area contributed by atoms with Crippen LogP contribution in [-0.2, 0) is 28.5 Å². The highest BCUT2D eigenvalue weighted by Gasteiger charge is 2.39. The standard InChI is InChI=1S/C36H60O8/c1-25(2)16-10-8-6-7-9-11-17-28-21-20-26(3)29(28)24-30(37)33(38)34(43-31-18-12-14-22-41-31)27(4)35(36(39)40-5)44-32-19-13-15-23-42-32/h16,28-34,37-38H,3,6-15,17-24H2,1-2,4-5H3/t28-,29-,30+,31?,32?,33?,34?/m0/s1. The highest BCUT2D eigenvalue weighted by molar-refractivity contribution is 5.87. The van der Waals surface area contributed by atoms with E-state index in [-0.39, 0.29) is 11.7 Å². The number of rotatable bonds is 18. The SMILES string of the molecule is C=C1CC[C@H](CCCCCCCC=C(C)C)[C@H]1C[C@@H](O)C(O)C(OC1CCCCO1)C(C)=C(OC1CCCCO1)C(=O)OC. The number of hydrogen-bond acceptors (Lipinski definition) is 8. The Morgan fingerprint density at radius 1 is 0.955 bits per heavy atom. The van der Waals surface area contributed by atoms with Crippen LogP contribution in [0.4, 0.5) is 0 Å². The van der Waals surface area contributed by atoms with Gasteiger partial charge in [0.25, 0.3) is 0 Å². The third-order valence-electron chi connectivity index (χ3n) is 9.44. The molecule has 7 atom stereocenters. The van der Waals surface area contributed by atoms with Gasteiger partial charge in [-0.2, -0.15) is 0 Å². The Hall–Kier alpha value is -1.71. The van der Waals surface area contributed by atoms with Crippen LogP contribution in [0.5, 0.6) is 0 Å². The number of aliphatic hydroxyl groups excluding tert-OH is 2. The first-order valence-corrected chi connectivity index (χ1v) is 17.2. The molecule has 3 fully saturated rings. The summed E-state index contributed by atoms with van der Waals surface area (Å²) in [6, 6.07) is 0. The van der Waals surface area contributed by atoms with Crippen LogP contribution >= 0.6 is 0 Å². The zero-order chi connectivity index (χ0) is 31.9. The molecule has 1 saturated carbocycles. The summed E-state index contributed by atoms with van der Waals surface area (Å²) in [7, 11) is 1.29. The number of carbonyl (C=O) groups excluding carboxylic acids is 1. The average Bonchev–Trinajstić information content (AvgIpc) is 3.37. The smallest absolute Gasteiger partial charge is 0.373 e. The lowest BCUT2D eigenvalue weighted by Gasteiger charge is -2.35. The van der Waals surface area contributed by atoms with Crippen LogP contribution in [0.1, 0.15) is 124 Å². The summed E-state index contributed by atoms with van der Waals surface area (Å²) < 4.78 is 28.9. The van der Waals surface area contributed by atoms with Gasteiger partial charge in [-0.3, -0.25) is 0 Å². The van der Waals surface area contributed by atoms with Gasteiger partial charge in [-0.15, -0.1) is 0 Å². The molecule has 3 rings (SSSR count).